The molecule has 0 heterocycles. The molecule has 1 radical (unpaired) electrons. The van der Waals surface area contributed by atoms with Gasteiger partial charge in [0, 0.05) is 5.02 Å². The van der Waals surface area contributed by atoms with E-state index < -0.39 is 6.73 Å². The van der Waals surface area contributed by atoms with Gasteiger partial charge in [0.15, 0.2) is 0 Å². The minimum absolute atomic E-state index is 0.794. The summed E-state index contributed by atoms with van der Waals surface area (Å²) in [7, 11) is 0. The van der Waals surface area contributed by atoms with Crippen molar-refractivity contribution in [3.8, 4) is 0 Å². The van der Waals surface area contributed by atoms with Crippen LogP contribution in [0.15, 0.2) is 30.3 Å². The van der Waals surface area contributed by atoms with E-state index in [4.69, 9.17) is 44.8 Å². The van der Waals surface area contributed by atoms with Gasteiger partial charge in [-0.15, -0.1) is 33.2 Å². The first-order chi connectivity index (χ1) is 5.13. The molecule has 0 spiro atoms. The standard InChI is InChI=1S/C6H5Cl.Cl3Si/c7-6-4-2-1-3-5-6;1-4(2)3/h1-5H;. The molecule has 0 unspecified atom stereocenters. The van der Waals surface area contributed by atoms with Crippen molar-refractivity contribution in [2.24, 2.45) is 0 Å². The predicted molar refractivity (Wildman–Crippen MR) is 54.8 cm³/mol. The molecule has 0 bridgehead atoms. The van der Waals surface area contributed by atoms with Gasteiger partial charge in [-0.25, -0.2) is 0 Å². The molecular formula is C6H5Cl4Si. The molecule has 0 N–H and O–H groups in total. The smallest absolute Gasteiger partial charge is 0.125 e. The number of hydrogen-bond acceptors (Lipinski definition) is 0. The number of benzene rings is 1. The summed E-state index contributed by atoms with van der Waals surface area (Å²) in [5.74, 6) is 0. The Bertz CT molecular complexity index is 174. The Labute approximate surface area is 86.7 Å². The lowest BCUT2D eigenvalue weighted by Crippen LogP contribution is -1.66. The molecule has 11 heavy (non-hydrogen) atoms. The first kappa shape index (κ1) is 11.6. The summed E-state index contributed by atoms with van der Waals surface area (Å²) in [6.45, 7) is -1.46. The highest BCUT2D eigenvalue weighted by molar-refractivity contribution is 7.54. The molecule has 1 rings (SSSR count). The van der Waals surface area contributed by atoms with Crippen LogP contribution in [0.5, 0.6) is 0 Å². The van der Waals surface area contributed by atoms with Crippen LogP contribution in [0.3, 0.4) is 0 Å². The Morgan fingerprint density at radius 1 is 0.909 bits per heavy atom. The molecule has 1 aromatic carbocycles. The van der Waals surface area contributed by atoms with Gasteiger partial charge < -0.3 is 0 Å². The van der Waals surface area contributed by atoms with E-state index in [1.54, 1.807) is 0 Å². The molecule has 0 aromatic heterocycles. The molecule has 0 aliphatic carbocycles. The van der Waals surface area contributed by atoms with Crippen molar-refractivity contribution in [3.05, 3.63) is 35.4 Å². The minimum atomic E-state index is -1.46. The summed E-state index contributed by atoms with van der Waals surface area (Å²) >= 11 is 20.3. The summed E-state index contributed by atoms with van der Waals surface area (Å²) in [5, 5.41) is 0.794. The zero-order valence-corrected chi connectivity index (χ0v) is 9.42. The van der Waals surface area contributed by atoms with Crippen LogP contribution in [0.25, 0.3) is 0 Å². The van der Waals surface area contributed by atoms with Crippen molar-refractivity contribution in [2.45, 2.75) is 0 Å². The van der Waals surface area contributed by atoms with Crippen molar-refractivity contribution < 1.29 is 0 Å². The van der Waals surface area contributed by atoms with Gasteiger partial charge in [-0.1, -0.05) is 29.8 Å². The van der Waals surface area contributed by atoms with E-state index in [2.05, 4.69) is 0 Å². The van der Waals surface area contributed by atoms with Crippen molar-refractivity contribution >= 4 is 51.6 Å². The molecule has 0 saturated carbocycles. The SMILES string of the molecule is Cl[Si](Cl)Cl.Clc1ccccc1. The van der Waals surface area contributed by atoms with E-state index in [9.17, 15) is 0 Å². The molecule has 0 aliphatic heterocycles. The summed E-state index contributed by atoms with van der Waals surface area (Å²) < 4.78 is 0. The highest BCUT2D eigenvalue weighted by Crippen LogP contribution is 2.03. The zero-order valence-electron chi connectivity index (χ0n) is 5.40. The van der Waals surface area contributed by atoms with Crippen LogP contribution < -0.4 is 0 Å². The van der Waals surface area contributed by atoms with E-state index >= 15 is 0 Å². The summed E-state index contributed by atoms with van der Waals surface area (Å²) in [6, 6.07) is 9.44. The average molecular weight is 247 g/mol. The average Bonchev–Trinajstić information content (AvgIpc) is 1.87. The molecule has 0 fully saturated rings. The molecule has 1 aromatic rings. The van der Waals surface area contributed by atoms with Crippen LogP contribution in [-0.4, -0.2) is 6.73 Å². The fourth-order valence-corrected chi connectivity index (χ4v) is 0.560. The van der Waals surface area contributed by atoms with Crippen LogP contribution in [0, 0.1) is 0 Å². The van der Waals surface area contributed by atoms with Gasteiger partial charge in [0.2, 0.25) is 0 Å². The number of rotatable bonds is 0. The maximum Gasteiger partial charge on any atom is 0.376 e. The van der Waals surface area contributed by atoms with Gasteiger partial charge in [0.25, 0.3) is 0 Å². The minimum Gasteiger partial charge on any atom is -0.125 e. The second-order valence-electron chi connectivity index (χ2n) is 1.51. The molecule has 0 atom stereocenters. The maximum atomic E-state index is 5.54. The lowest BCUT2D eigenvalue weighted by Gasteiger charge is -1.80. The number of halogens is 4. The monoisotopic (exact) mass is 245 g/mol. The van der Waals surface area contributed by atoms with Crippen LogP contribution in [0.4, 0.5) is 0 Å². The largest absolute Gasteiger partial charge is 0.376 e. The summed E-state index contributed by atoms with van der Waals surface area (Å²) in [6.07, 6.45) is 0. The van der Waals surface area contributed by atoms with Crippen molar-refractivity contribution in [1.82, 2.24) is 0 Å². The second-order valence-corrected chi connectivity index (χ2v) is 7.52. The highest BCUT2D eigenvalue weighted by atomic mass is 35.8. The van der Waals surface area contributed by atoms with E-state index in [1.165, 1.54) is 0 Å². The summed E-state index contributed by atoms with van der Waals surface area (Å²) in [4.78, 5) is 0. The van der Waals surface area contributed by atoms with Gasteiger partial charge in [0.1, 0.15) is 0 Å². The molecule has 0 aliphatic rings. The van der Waals surface area contributed by atoms with Crippen molar-refractivity contribution in [1.29, 1.82) is 0 Å². The Balaban J connectivity index is 0.000000218. The normalized spacial score (nSPS) is 8.82. The molecule has 0 nitrogen and oxygen atoms in total. The highest BCUT2D eigenvalue weighted by Gasteiger charge is 1.88. The lowest BCUT2D eigenvalue weighted by atomic mass is 10.4. The van der Waals surface area contributed by atoms with Crippen LogP contribution in [-0.2, 0) is 0 Å². The van der Waals surface area contributed by atoms with Crippen molar-refractivity contribution in [2.75, 3.05) is 0 Å². The fourth-order valence-electron chi connectivity index (χ4n) is 0.415. The van der Waals surface area contributed by atoms with Gasteiger partial charge in [0.05, 0.1) is 0 Å². The Morgan fingerprint density at radius 2 is 1.27 bits per heavy atom. The third-order valence-corrected chi connectivity index (χ3v) is 0.985. The Kier molecular flexibility index (Phi) is 7.65. The van der Waals surface area contributed by atoms with Crippen LogP contribution in [0.1, 0.15) is 0 Å². The molecule has 0 amide bonds. The quantitative estimate of drug-likeness (QED) is 0.479. The molecule has 5 heteroatoms. The molecular weight excluding hydrogens is 242 g/mol. The first-order valence-corrected chi connectivity index (χ1v) is 7.58. The fraction of sp³-hybridized carbons (Fsp3) is 0. The van der Waals surface area contributed by atoms with E-state index in [0.29, 0.717) is 0 Å². The third-order valence-electron chi connectivity index (χ3n) is 0.733. The zero-order chi connectivity index (χ0) is 8.69. The van der Waals surface area contributed by atoms with Crippen molar-refractivity contribution in [3.63, 3.8) is 0 Å². The van der Waals surface area contributed by atoms with Crippen LogP contribution in [0.2, 0.25) is 5.02 Å². The first-order valence-electron chi connectivity index (χ1n) is 2.67. The third kappa shape index (κ3) is 10.6. The topological polar surface area (TPSA) is 0 Å². The lowest BCUT2D eigenvalue weighted by molar-refractivity contribution is 1.71. The van der Waals surface area contributed by atoms with Gasteiger partial charge >= 0.3 is 6.73 Å². The maximum absolute atomic E-state index is 5.54. The Hall–Kier alpha value is 0.597. The van der Waals surface area contributed by atoms with E-state index in [0.717, 1.165) is 5.02 Å². The van der Waals surface area contributed by atoms with Crippen LogP contribution >= 0.6 is 44.8 Å². The summed E-state index contributed by atoms with van der Waals surface area (Å²) in [5.41, 5.74) is 0. The van der Waals surface area contributed by atoms with Gasteiger partial charge in [-0.3, -0.25) is 0 Å². The van der Waals surface area contributed by atoms with Gasteiger partial charge in [-0.2, -0.15) is 0 Å². The van der Waals surface area contributed by atoms with E-state index in [-0.39, 0.29) is 0 Å². The number of hydrogen-bond donors (Lipinski definition) is 0. The predicted octanol–water partition coefficient (Wildman–Crippen LogP) is 4.03. The van der Waals surface area contributed by atoms with Gasteiger partial charge in [-0.05, 0) is 12.1 Å². The second kappa shape index (κ2) is 7.26. The molecule has 0 saturated heterocycles. The van der Waals surface area contributed by atoms with E-state index in [1.807, 2.05) is 30.3 Å². The Morgan fingerprint density at radius 3 is 1.45 bits per heavy atom. The molecule has 61 valence electrons.